The Kier molecular flexibility index (Phi) is 8.67. The second-order valence-electron chi connectivity index (χ2n) is 8.89. The standard InChI is InChI=1S/C23H30ClN5O3S.ClH/c24-20-7-5-19-14-21(8-6-18(19)13-20)33(31,32)29-11-9-28(10-12-29)22(30)17-3-1-16(2-4-17)15-27-23(25)26;/h5-8,13-14,16-17H,1-4,9-12,15H2,(H4,25,26,27);1H. The van der Waals surface area contributed by atoms with Crippen molar-refractivity contribution < 1.29 is 13.2 Å². The predicted octanol–water partition coefficient (Wildman–Crippen LogP) is 3.04. The molecule has 34 heavy (non-hydrogen) atoms. The van der Waals surface area contributed by atoms with Crippen LogP contribution >= 0.6 is 24.0 Å². The van der Waals surface area contributed by atoms with Crippen molar-refractivity contribution in [1.29, 1.82) is 5.41 Å². The highest BCUT2D eigenvalue weighted by Crippen LogP contribution is 2.30. The zero-order valence-corrected chi connectivity index (χ0v) is 21.3. The molecule has 1 heterocycles. The Labute approximate surface area is 211 Å². The Bertz CT molecular complexity index is 1140. The molecule has 4 N–H and O–H groups in total. The van der Waals surface area contributed by atoms with E-state index in [1.165, 1.54) is 4.31 Å². The first-order valence-electron chi connectivity index (χ1n) is 11.3. The number of halogens is 2. The maximum atomic E-state index is 13.2. The van der Waals surface area contributed by atoms with E-state index in [1.54, 1.807) is 24.3 Å². The van der Waals surface area contributed by atoms with Crippen LogP contribution in [0.15, 0.2) is 41.3 Å². The van der Waals surface area contributed by atoms with Crippen LogP contribution in [0.5, 0.6) is 0 Å². The van der Waals surface area contributed by atoms with Gasteiger partial charge in [-0.15, -0.1) is 12.4 Å². The maximum absolute atomic E-state index is 13.2. The summed E-state index contributed by atoms with van der Waals surface area (Å²) in [6, 6.07) is 10.4. The predicted molar refractivity (Wildman–Crippen MR) is 137 cm³/mol. The van der Waals surface area contributed by atoms with Crippen molar-refractivity contribution in [2.45, 2.75) is 30.6 Å². The molecule has 2 aromatic carbocycles. The number of fused-ring (bicyclic) bond motifs is 1. The number of hydrogen-bond acceptors (Lipinski definition) is 4. The van der Waals surface area contributed by atoms with Crippen molar-refractivity contribution >= 4 is 56.7 Å². The van der Waals surface area contributed by atoms with E-state index < -0.39 is 10.0 Å². The van der Waals surface area contributed by atoms with Gasteiger partial charge in [-0.25, -0.2) is 8.42 Å². The highest BCUT2D eigenvalue weighted by Gasteiger charge is 2.34. The second-order valence-corrected chi connectivity index (χ2v) is 11.3. The topological polar surface area (TPSA) is 120 Å². The number of rotatable bonds is 5. The molecule has 1 aliphatic carbocycles. The van der Waals surface area contributed by atoms with Gasteiger partial charge in [0, 0.05) is 43.7 Å². The first-order chi connectivity index (χ1) is 15.7. The molecule has 0 unspecified atom stereocenters. The van der Waals surface area contributed by atoms with Gasteiger partial charge in [0.1, 0.15) is 0 Å². The lowest BCUT2D eigenvalue weighted by Gasteiger charge is -2.37. The SMILES string of the molecule is Cl.N=C(N)NCC1CCC(C(=O)N2CCN(S(=O)(=O)c3ccc4cc(Cl)ccc4c3)CC2)CC1. The molecule has 2 aliphatic rings. The molecule has 1 amide bonds. The number of nitrogens with two attached hydrogens (primary N) is 1. The van der Waals surface area contributed by atoms with Gasteiger partial charge in [0.05, 0.1) is 4.90 Å². The van der Waals surface area contributed by atoms with Crippen LogP contribution in [0.2, 0.25) is 5.02 Å². The highest BCUT2D eigenvalue weighted by molar-refractivity contribution is 7.89. The number of hydrogen-bond donors (Lipinski definition) is 3. The van der Waals surface area contributed by atoms with E-state index in [9.17, 15) is 13.2 Å². The van der Waals surface area contributed by atoms with Crippen molar-refractivity contribution in [3.8, 4) is 0 Å². The van der Waals surface area contributed by atoms with Gasteiger partial charge in [-0.1, -0.05) is 23.7 Å². The summed E-state index contributed by atoms with van der Waals surface area (Å²) in [4.78, 5) is 15.1. The largest absolute Gasteiger partial charge is 0.370 e. The molecule has 0 aromatic heterocycles. The molecular weight excluding hydrogens is 497 g/mol. The minimum atomic E-state index is -3.63. The zero-order chi connectivity index (χ0) is 23.6. The smallest absolute Gasteiger partial charge is 0.243 e. The number of carbonyl (C=O) groups excluding carboxylic acids is 1. The van der Waals surface area contributed by atoms with Crippen LogP contribution in [-0.2, 0) is 14.8 Å². The number of sulfonamides is 1. The van der Waals surface area contributed by atoms with Crippen LogP contribution in [0.4, 0.5) is 0 Å². The van der Waals surface area contributed by atoms with E-state index in [2.05, 4.69) is 5.32 Å². The number of benzene rings is 2. The summed E-state index contributed by atoms with van der Waals surface area (Å²) >= 11 is 6.02. The Morgan fingerprint density at radius 2 is 1.65 bits per heavy atom. The van der Waals surface area contributed by atoms with Gasteiger partial charge >= 0.3 is 0 Å². The number of guanidine groups is 1. The van der Waals surface area contributed by atoms with Crippen molar-refractivity contribution in [2.75, 3.05) is 32.7 Å². The summed E-state index contributed by atoms with van der Waals surface area (Å²) in [5, 5.41) is 12.5. The fourth-order valence-electron chi connectivity index (χ4n) is 4.78. The summed E-state index contributed by atoms with van der Waals surface area (Å²) in [6.45, 7) is 2.09. The highest BCUT2D eigenvalue weighted by atomic mass is 35.5. The number of nitrogens with one attached hydrogen (secondary N) is 2. The third-order valence-corrected chi connectivity index (χ3v) is 8.87. The van der Waals surface area contributed by atoms with Gasteiger partial charge in [-0.05, 0) is 66.6 Å². The quantitative estimate of drug-likeness (QED) is 0.407. The first-order valence-corrected chi connectivity index (χ1v) is 13.1. The summed E-state index contributed by atoms with van der Waals surface area (Å²) in [5.74, 6) is 0.536. The molecule has 8 nitrogen and oxygen atoms in total. The van der Waals surface area contributed by atoms with E-state index in [1.807, 2.05) is 17.0 Å². The number of nitrogens with zero attached hydrogens (tertiary/aromatic N) is 2. The lowest BCUT2D eigenvalue weighted by atomic mass is 9.81. The average molecular weight is 529 g/mol. The average Bonchev–Trinajstić information content (AvgIpc) is 2.82. The fourth-order valence-corrected chi connectivity index (χ4v) is 6.42. The second kappa shape index (κ2) is 11.1. The van der Waals surface area contributed by atoms with Crippen LogP contribution in [0.3, 0.4) is 0 Å². The Morgan fingerprint density at radius 1 is 1.03 bits per heavy atom. The molecule has 2 fully saturated rings. The zero-order valence-electron chi connectivity index (χ0n) is 18.9. The van der Waals surface area contributed by atoms with E-state index in [0.29, 0.717) is 43.7 Å². The van der Waals surface area contributed by atoms with Crippen LogP contribution in [0, 0.1) is 17.2 Å². The lowest BCUT2D eigenvalue weighted by molar-refractivity contribution is -0.138. The van der Waals surface area contributed by atoms with Gasteiger partial charge in [0.15, 0.2) is 5.96 Å². The molecular formula is C23H31Cl2N5O3S. The van der Waals surface area contributed by atoms with E-state index >= 15 is 0 Å². The lowest BCUT2D eigenvalue weighted by Crippen LogP contribution is -2.52. The van der Waals surface area contributed by atoms with Gasteiger partial charge < -0.3 is 16.0 Å². The van der Waals surface area contributed by atoms with Crippen molar-refractivity contribution in [1.82, 2.24) is 14.5 Å². The Hall–Kier alpha value is -2.07. The van der Waals surface area contributed by atoms with E-state index in [4.69, 9.17) is 22.7 Å². The van der Waals surface area contributed by atoms with Crippen LogP contribution < -0.4 is 11.1 Å². The van der Waals surface area contributed by atoms with Gasteiger partial charge in [0.25, 0.3) is 0 Å². The van der Waals surface area contributed by atoms with Crippen LogP contribution in [0.25, 0.3) is 10.8 Å². The normalized spacial score (nSPS) is 21.6. The molecule has 1 aliphatic heterocycles. The molecule has 1 saturated heterocycles. The van der Waals surface area contributed by atoms with Crippen molar-refractivity contribution in [2.24, 2.45) is 17.6 Å². The van der Waals surface area contributed by atoms with E-state index in [-0.39, 0.29) is 35.1 Å². The summed E-state index contributed by atoms with van der Waals surface area (Å²) in [5.41, 5.74) is 5.35. The van der Waals surface area contributed by atoms with Crippen LogP contribution in [-0.4, -0.2) is 62.2 Å². The van der Waals surface area contributed by atoms with Crippen molar-refractivity contribution in [3.05, 3.63) is 41.4 Å². The Balaban J connectivity index is 0.00000324. The number of amides is 1. The third-order valence-electron chi connectivity index (χ3n) is 6.74. The van der Waals surface area contributed by atoms with Crippen molar-refractivity contribution in [3.63, 3.8) is 0 Å². The minimum Gasteiger partial charge on any atom is -0.370 e. The molecule has 0 atom stereocenters. The summed E-state index contributed by atoms with van der Waals surface area (Å²) < 4.78 is 27.8. The molecule has 1 saturated carbocycles. The summed E-state index contributed by atoms with van der Waals surface area (Å²) in [7, 11) is -3.63. The maximum Gasteiger partial charge on any atom is 0.243 e. The Morgan fingerprint density at radius 3 is 2.29 bits per heavy atom. The molecule has 11 heteroatoms. The van der Waals surface area contributed by atoms with E-state index in [0.717, 1.165) is 36.5 Å². The summed E-state index contributed by atoms with van der Waals surface area (Å²) in [6.07, 6.45) is 3.50. The molecule has 0 bridgehead atoms. The first kappa shape index (κ1) is 26.5. The molecule has 0 radical (unpaired) electrons. The molecule has 186 valence electrons. The molecule has 2 aromatic rings. The van der Waals surface area contributed by atoms with Gasteiger partial charge in [-0.2, -0.15) is 4.31 Å². The van der Waals surface area contributed by atoms with Gasteiger partial charge in [-0.3, -0.25) is 10.2 Å². The third kappa shape index (κ3) is 5.94. The monoisotopic (exact) mass is 527 g/mol. The number of carbonyl (C=O) groups is 1. The molecule has 4 rings (SSSR count). The number of piperazine rings is 1. The van der Waals surface area contributed by atoms with Crippen LogP contribution in [0.1, 0.15) is 25.7 Å². The van der Waals surface area contributed by atoms with Gasteiger partial charge in [0.2, 0.25) is 15.9 Å². The minimum absolute atomic E-state index is 0. The molecule has 0 spiro atoms. The fraction of sp³-hybridized carbons (Fsp3) is 0.478.